The SMILES string of the molecule is CN=C(NCCc1c[nH]c2cc(F)ccc12)NCc1ccnc(N2CCCCC2)c1. The van der Waals surface area contributed by atoms with Crippen LogP contribution in [0, 0.1) is 5.82 Å². The average Bonchev–Trinajstić information content (AvgIpc) is 3.18. The number of fused-ring (bicyclic) bond motifs is 1. The Balaban J connectivity index is 1.29. The van der Waals surface area contributed by atoms with Crippen LogP contribution in [0.25, 0.3) is 10.9 Å². The van der Waals surface area contributed by atoms with E-state index >= 15 is 0 Å². The summed E-state index contributed by atoms with van der Waals surface area (Å²) >= 11 is 0. The topological polar surface area (TPSA) is 68.3 Å². The van der Waals surface area contributed by atoms with Crippen LogP contribution >= 0.6 is 0 Å². The van der Waals surface area contributed by atoms with Crippen LogP contribution in [0.2, 0.25) is 0 Å². The molecule has 2 aromatic heterocycles. The largest absolute Gasteiger partial charge is 0.361 e. The zero-order chi connectivity index (χ0) is 20.8. The fraction of sp³-hybridized carbons (Fsp3) is 0.391. The number of benzene rings is 1. The molecule has 1 fully saturated rings. The van der Waals surface area contributed by atoms with Crippen molar-refractivity contribution in [3.05, 3.63) is 59.7 Å². The quantitative estimate of drug-likeness (QED) is 0.431. The van der Waals surface area contributed by atoms with E-state index in [1.165, 1.54) is 37.0 Å². The first-order chi connectivity index (χ1) is 14.7. The van der Waals surface area contributed by atoms with E-state index in [1.54, 1.807) is 7.05 Å². The number of aliphatic imine (C=N–C) groups is 1. The van der Waals surface area contributed by atoms with Gasteiger partial charge in [-0.2, -0.15) is 0 Å². The molecule has 0 unspecified atom stereocenters. The van der Waals surface area contributed by atoms with E-state index in [2.05, 4.69) is 36.6 Å². The van der Waals surface area contributed by atoms with Crippen molar-refractivity contribution >= 4 is 22.7 Å². The highest BCUT2D eigenvalue weighted by Crippen LogP contribution is 2.20. The van der Waals surface area contributed by atoms with Crippen molar-refractivity contribution in [1.29, 1.82) is 0 Å². The van der Waals surface area contributed by atoms with E-state index in [4.69, 9.17) is 0 Å². The molecule has 0 spiro atoms. The van der Waals surface area contributed by atoms with E-state index in [1.807, 2.05) is 24.5 Å². The van der Waals surface area contributed by atoms with Crippen LogP contribution in [-0.4, -0.2) is 42.6 Å². The van der Waals surface area contributed by atoms with Crippen LogP contribution in [0.4, 0.5) is 10.2 Å². The van der Waals surface area contributed by atoms with Gasteiger partial charge in [-0.15, -0.1) is 0 Å². The van der Waals surface area contributed by atoms with E-state index in [0.29, 0.717) is 6.54 Å². The zero-order valence-corrected chi connectivity index (χ0v) is 17.4. The fourth-order valence-electron chi connectivity index (χ4n) is 3.95. The molecule has 158 valence electrons. The van der Waals surface area contributed by atoms with Crippen LogP contribution in [-0.2, 0) is 13.0 Å². The second-order valence-electron chi connectivity index (χ2n) is 7.68. The van der Waals surface area contributed by atoms with Gasteiger partial charge in [0.1, 0.15) is 11.6 Å². The summed E-state index contributed by atoms with van der Waals surface area (Å²) in [6.45, 7) is 3.61. The van der Waals surface area contributed by atoms with E-state index in [0.717, 1.165) is 54.3 Å². The van der Waals surface area contributed by atoms with Crippen molar-refractivity contribution in [1.82, 2.24) is 20.6 Å². The number of piperidine rings is 1. The standard InChI is InChI=1S/C23H29FN6/c1-25-23(27-10-8-18-16-28-21-14-19(24)5-6-20(18)21)29-15-17-7-9-26-22(13-17)30-11-3-2-4-12-30/h5-7,9,13-14,16,28H,2-4,8,10-12,15H2,1H3,(H2,25,27,29). The van der Waals surface area contributed by atoms with Gasteiger partial charge in [-0.25, -0.2) is 9.37 Å². The number of hydrogen-bond donors (Lipinski definition) is 3. The van der Waals surface area contributed by atoms with Crippen molar-refractivity contribution in [2.75, 3.05) is 31.6 Å². The molecule has 6 nitrogen and oxygen atoms in total. The molecule has 0 aliphatic carbocycles. The average molecular weight is 409 g/mol. The van der Waals surface area contributed by atoms with Crippen molar-refractivity contribution in [2.45, 2.75) is 32.2 Å². The molecular weight excluding hydrogens is 379 g/mol. The number of anilines is 1. The molecule has 0 bridgehead atoms. The predicted octanol–water partition coefficient (Wildman–Crippen LogP) is 3.60. The van der Waals surface area contributed by atoms with Crippen LogP contribution in [0.3, 0.4) is 0 Å². The number of H-pyrrole nitrogens is 1. The number of hydrogen-bond acceptors (Lipinski definition) is 3. The summed E-state index contributed by atoms with van der Waals surface area (Å²) in [6.07, 6.45) is 8.45. The lowest BCUT2D eigenvalue weighted by Gasteiger charge is -2.28. The van der Waals surface area contributed by atoms with Gasteiger partial charge >= 0.3 is 0 Å². The van der Waals surface area contributed by atoms with Gasteiger partial charge in [0.25, 0.3) is 0 Å². The van der Waals surface area contributed by atoms with E-state index in [9.17, 15) is 4.39 Å². The summed E-state index contributed by atoms with van der Waals surface area (Å²) in [4.78, 5) is 14.4. The monoisotopic (exact) mass is 408 g/mol. The Labute approximate surface area is 176 Å². The number of nitrogens with zero attached hydrogens (tertiary/aromatic N) is 3. The molecule has 7 heteroatoms. The first-order valence-electron chi connectivity index (χ1n) is 10.6. The molecule has 0 atom stereocenters. The molecule has 0 amide bonds. The van der Waals surface area contributed by atoms with Crippen LogP contribution in [0.1, 0.15) is 30.4 Å². The number of guanidine groups is 1. The molecule has 1 aromatic carbocycles. The van der Waals surface area contributed by atoms with Crippen molar-refractivity contribution in [3.8, 4) is 0 Å². The maximum atomic E-state index is 13.3. The third-order valence-corrected chi connectivity index (χ3v) is 5.59. The lowest BCUT2D eigenvalue weighted by molar-refractivity contribution is 0.573. The molecule has 3 heterocycles. The number of halogens is 1. The van der Waals surface area contributed by atoms with E-state index in [-0.39, 0.29) is 5.82 Å². The molecule has 0 saturated carbocycles. The smallest absolute Gasteiger partial charge is 0.191 e. The van der Waals surface area contributed by atoms with Crippen molar-refractivity contribution in [3.63, 3.8) is 0 Å². The molecular formula is C23H29FN6. The molecule has 30 heavy (non-hydrogen) atoms. The summed E-state index contributed by atoms with van der Waals surface area (Å²) in [5.41, 5.74) is 3.18. The van der Waals surface area contributed by atoms with Gasteiger partial charge in [0.15, 0.2) is 5.96 Å². The highest BCUT2D eigenvalue weighted by molar-refractivity contribution is 5.83. The van der Waals surface area contributed by atoms with Gasteiger partial charge in [-0.05, 0) is 67.1 Å². The summed E-state index contributed by atoms with van der Waals surface area (Å²) < 4.78 is 13.3. The predicted molar refractivity (Wildman–Crippen MR) is 120 cm³/mol. The Kier molecular flexibility index (Phi) is 6.47. The number of pyridine rings is 1. The zero-order valence-electron chi connectivity index (χ0n) is 17.4. The second-order valence-corrected chi connectivity index (χ2v) is 7.68. The number of aromatic amines is 1. The molecule has 3 aromatic rings. The molecule has 1 aliphatic heterocycles. The Morgan fingerprint density at radius 3 is 2.87 bits per heavy atom. The molecule has 0 radical (unpaired) electrons. The summed E-state index contributed by atoms with van der Waals surface area (Å²) in [5, 5.41) is 7.79. The van der Waals surface area contributed by atoms with Crippen molar-refractivity contribution < 1.29 is 4.39 Å². The van der Waals surface area contributed by atoms with Crippen LogP contribution in [0.5, 0.6) is 0 Å². The van der Waals surface area contributed by atoms with Crippen LogP contribution < -0.4 is 15.5 Å². The molecule has 1 saturated heterocycles. The van der Waals surface area contributed by atoms with Gasteiger partial charge in [0.2, 0.25) is 0 Å². The number of rotatable bonds is 6. The summed E-state index contributed by atoms with van der Waals surface area (Å²) in [5.74, 6) is 1.60. The Morgan fingerprint density at radius 1 is 1.17 bits per heavy atom. The second kappa shape index (κ2) is 9.61. The lowest BCUT2D eigenvalue weighted by Crippen LogP contribution is -2.38. The van der Waals surface area contributed by atoms with Gasteiger partial charge in [0, 0.05) is 56.5 Å². The van der Waals surface area contributed by atoms with Crippen molar-refractivity contribution in [2.24, 2.45) is 4.99 Å². The summed E-state index contributed by atoms with van der Waals surface area (Å²) in [6, 6.07) is 9.06. The Hall–Kier alpha value is -3.09. The van der Waals surface area contributed by atoms with Crippen LogP contribution in [0.15, 0.2) is 47.7 Å². The Bertz CT molecular complexity index is 1010. The summed E-state index contributed by atoms with van der Waals surface area (Å²) in [7, 11) is 1.77. The highest BCUT2D eigenvalue weighted by atomic mass is 19.1. The minimum absolute atomic E-state index is 0.224. The van der Waals surface area contributed by atoms with Gasteiger partial charge in [0.05, 0.1) is 0 Å². The van der Waals surface area contributed by atoms with Gasteiger partial charge < -0.3 is 20.5 Å². The minimum Gasteiger partial charge on any atom is -0.361 e. The first kappa shape index (κ1) is 20.2. The fourth-order valence-corrected chi connectivity index (χ4v) is 3.95. The van der Waals surface area contributed by atoms with Gasteiger partial charge in [-0.1, -0.05) is 0 Å². The third kappa shape index (κ3) is 4.90. The maximum absolute atomic E-state index is 13.3. The maximum Gasteiger partial charge on any atom is 0.191 e. The van der Waals surface area contributed by atoms with E-state index < -0.39 is 0 Å². The molecule has 1 aliphatic rings. The minimum atomic E-state index is -0.224. The first-order valence-corrected chi connectivity index (χ1v) is 10.6. The number of nitrogens with one attached hydrogen (secondary N) is 3. The Morgan fingerprint density at radius 2 is 2.03 bits per heavy atom. The third-order valence-electron chi connectivity index (χ3n) is 5.59. The molecule has 4 rings (SSSR count). The van der Waals surface area contributed by atoms with Gasteiger partial charge in [-0.3, -0.25) is 4.99 Å². The highest BCUT2D eigenvalue weighted by Gasteiger charge is 2.12. The number of aromatic nitrogens is 2. The lowest BCUT2D eigenvalue weighted by atomic mass is 10.1. The normalized spacial score (nSPS) is 14.9. The molecule has 3 N–H and O–H groups in total.